The fraction of sp³-hybridized carbons (Fsp3) is 0.200. The Hall–Kier alpha value is -2.36. The minimum atomic E-state index is -0.354. The highest BCUT2D eigenvalue weighted by Gasteiger charge is 2.07. The molecule has 2 rings (SSSR count). The fourth-order valence-corrected chi connectivity index (χ4v) is 1.73. The molecular formula is C15H15NO3. The van der Waals surface area contributed by atoms with Crippen LogP contribution in [-0.2, 0) is 4.74 Å². The van der Waals surface area contributed by atoms with E-state index in [0.29, 0.717) is 12.2 Å². The first-order valence-electron chi connectivity index (χ1n) is 6.02. The molecular weight excluding hydrogens is 242 g/mol. The number of hydrogen-bond donors (Lipinski definition) is 0. The predicted octanol–water partition coefficient (Wildman–Crippen LogP) is 2.93. The lowest BCUT2D eigenvalue weighted by Crippen LogP contribution is -2.01. The summed E-state index contributed by atoms with van der Waals surface area (Å²) >= 11 is 0. The molecule has 0 saturated heterocycles. The van der Waals surface area contributed by atoms with Crippen LogP contribution in [-0.4, -0.2) is 24.7 Å². The summed E-state index contributed by atoms with van der Waals surface area (Å²) in [7, 11) is 1.37. The van der Waals surface area contributed by atoms with Crippen molar-refractivity contribution in [1.29, 1.82) is 0 Å². The molecule has 0 unspecified atom stereocenters. The maximum absolute atomic E-state index is 11.5. The molecule has 0 atom stereocenters. The Bertz CT molecular complexity index is 564. The number of hydrogen-bond acceptors (Lipinski definition) is 4. The Kier molecular flexibility index (Phi) is 4.13. The van der Waals surface area contributed by atoms with E-state index in [1.807, 2.05) is 25.1 Å². The van der Waals surface area contributed by atoms with Gasteiger partial charge in [-0.25, -0.2) is 4.79 Å². The van der Waals surface area contributed by atoms with Crippen LogP contribution in [0.15, 0.2) is 42.6 Å². The molecule has 2 aromatic rings. The first-order valence-corrected chi connectivity index (χ1v) is 6.02. The number of rotatable bonds is 4. The van der Waals surface area contributed by atoms with Gasteiger partial charge in [-0.15, -0.1) is 0 Å². The number of carbonyl (C=O) groups is 1. The second kappa shape index (κ2) is 6.00. The largest absolute Gasteiger partial charge is 0.492 e. The molecule has 0 fully saturated rings. The second-order valence-corrected chi connectivity index (χ2v) is 3.88. The third-order valence-corrected chi connectivity index (χ3v) is 2.63. The summed E-state index contributed by atoms with van der Waals surface area (Å²) in [4.78, 5) is 15.8. The van der Waals surface area contributed by atoms with Crippen LogP contribution in [0.2, 0.25) is 0 Å². The van der Waals surface area contributed by atoms with E-state index in [1.165, 1.54) is 7.11 Å². The van der Waals surface area contributed by atoms with Crippen LogP contribution in [0.3, 0.4) is 0 Å². The fourth-order valence-electron chi connectivity index (χ4n) is 1.73. The van der Waals surface area contributed by atoms with Crippen molar-refractivity contribution in [2.45, 2.75) is 6.92 Å². The van der Waals surface area contributed by atoms with Crippen LogP contribution in [0.1, 0.15) is 17.3 Å². The Balaban J connectivity index is 2.28. The van der Waals surface area contributed by atoms with Crippen LogP contribution in [0.4, 0.5) is 0 Å². The molecule has 1 aromatic carbocycles. The topological polar surface area (TPSA) is 48.4 Å². The molecule has 98 valence electrons. The lowest BCUT2D eigenvalue weighted by atomic mass is 10.1. The minimum Gasteiger partial charge on any atom is -0.492 e. The molecule has 0 N–H and O–H groups in total. The molecule has 0 spiro atoms. The van der Waals surface area contributed by atoms with E-state index in [0.717, 1.165) is 17.0 Å². The predicted molar refractivity (Wildman–Crippen MR) is 72.2 cm³/mol. The smallest absolute Gasteiger partial charge is 0.337 e. The van der Waals surface area contributed by atoms with E-state index in [9.17, 15) is 4.79 Å². The molecule has 0 aliphatic carbocycles. The Morgan fingerprint density at radius 1 is 1.26 bits per heavy atom. The zero-order valence-electron chi connectivity index (χ0n) is 10.9. The second-order valence-electron chi connectivity index (χ2n) is 3.88. The third-order valence-electron chi connectivity index (χ3n) is 2.63. The van der Waals surface area contributed by atoms with Crippen LogP contribution in [0, 0.1) is 0 Å². The van der Waals surface area contributed by atoms with Gasteiger partial charge in [0.2, 0.25) is 0 Å². The summed E-state index contributed by atoms with van der Waals surface area (Å²) in [6, 6.07) is 10.9. The van der Waals surface area contributed by atoms with Crippen LogP contribution in [0.5, 0.6) is 5.75 Å². The van der Waals surface area contributed by atoms with Crippen molar-refractivity contribution in [3.8, 4) is 17.0 Å². The van der Waals surface area contributed by atoms with Gasteiger partial charge in [-0.3, -0.25) is 4.98 Å². The zero-order valence-corrected chi connectivity index (χ0v) is 10.9. The van der Waals surface area contributed by atoms with Crippen LogP contribution < -0.4 is 4.74 Å². The third kappa shape index (κ3) is 3.10. The summed E-state index contributed by atoms with van der Waals surface area (Å²) in [6.45, 7) is 2.53. The van der Waals surface area contributed by atoms with Crippen molar-refractivity contribution < 1.29 is 14.3 Å². The van der Waals surface area contributed by atoms with Crippen molar-refractivity contribution in [1.82, 2.24) is 4.98 Å². The maximum atomic E-state index is 11.5. The van der Waals surface area contributed by atoms with Crippen molar-refractivity contribution in [3.05, 3.63) is 48.2 Å². The molecule has 4 nitrogen and oxygen atoms in total. The summed E-state index contributed by atoms with van der Waals surface area (Å²) in [5.41, 5.74) is 2.16. The van der Waals surface area contributed by atoms with Gasteiger partial charge in [-0.2, -0.15) is 0 Å². The summed E-state index contributed by atoms with van der Waals surface area (Å²) < 4.78 is 10.0. The lowest BCUT2D eigenvalue weighted by Gasteiger charge is -2.05. The number of benzene rings is 1. The van der Waals surface area contributed by atoms with Gasteiger partial charge in [-0.1, -0.05) is 12.1 Å². The number of ether oxygens (including phenoxy) is 2. The van der Waals surface area contributed by atoms with Gasteiger partial charge >= 0.3 is 5.97 Å². The Morgan fingerprint density at radius 3 is 2.74 bits per heavy atom. The van der Waals surface area contributed by atoms with E-state index in [-0.39, 0.29) is 5.97 Å². The normalized spacial score (nSPS) is 10.0. The molecule has 0 aliphatic rings. The van der Waals surface area contributed by atoms with Gasteiger partial charge in [0.25, 0.3) is 0 Å². The lowest BCUT2D eigenvalue weighted by molar-refractivity contribution is 0.0601. The van der Waals surface area contributed by atoms with Crippen LogP contribution >= 0.6 is 0 Å². The molecule has 1 heterocycles. The average molecular weight is 257 g/mol. The SMILES string of the molecule is CCOc1ccc(-c2cccc(C(=O)OC)c2)nc1. The molecule has 4 heteroatoms. The molecule has 1 aromatic heterocycles. The van der Waals surface area contributed by atoms with Crippen LogP contribution in [0.25, 0.3) is 11.3 Å². The molecule has 0 saturated carbocycles. The summed E-state index contributed by atoms with van der Waals surface area (Å²) in [5, 5.41) is 0. The number of esters is 1. The first-order chi connectivity index (χ1) is 9.24. The molecule has 0 radical (unpaired) electrons. The number of pyridine rings is 1. The van der Waals surface area contributed by atoms with Gasteiger partial charge in [0.1, 0.15) is 5.75 Å². The standard InChI is InChI=1S/C15H15NO3/c1-3-19-13-7-8-14(16-10-13)11-5-4-6-12(9-11)15(17)18-2/h4-10H,3H2,1-2H3. The Labute approximate surface area is 112 Å². The van der Waals surface area contributed by atoms with Crippen molar-refractivity contribution in [2.75, 3.05) is 13.7 Å². The van der Waals surface area contributed by atoms with E-state index in [4.69, 9.17) is 9.47 Å². The first kappa shape index (κ1) is 13.1. The van der Waals surface area contributed by atoms with Gasteiger partial charge in [0.05, 0.1) is 31.2 Å². The summed E-state index contributed by atoms with van der Waals surface area (Å²) in [6.07, 6.45) is 1.67. The number of methoxy groups -OCH3 is 1. The van der Waals surface area contributed by atoms with E-state index < -0.39 is 0 Å². The number of carbonyl (C=O) groups excluding carboxylic acids is 1. The molecule has 0 bridgehead atoms. The number of nitrogens with zero attached hydrogens (tertiary/aromatic N) is 1. The maximum Gasteiger partial charge on any atom is 0.337 e. The van der Waals surface area contributed by atoms with E-state index >= 15 is 0 Å². The average Bonchev–Trinajstić information content (AvgIpc) is 2.48. The van der Waals surface area contributed by atoms with Crippen molar-refractivity contribution in [3.63, 3.8) is 0 Å². The van der Waals surface area contributed by atoms with E-state index in [2.05, 4.69) is 4.98 Å². The highest BCUT2D eigenvalue weighted by atomic mass is 16.5. The van der Waals surface area contributed by atoms with Gasteiger partial charge < -0.3 is 9.47 Å². The Morgan fingerprint density at radius 2 is 2.11 bits per heavy atom. The van der Waals surface area contributed by atoms with E-state index in [1.54, 1.807) is 24.4 Å². The van der Waals surface area contributed by atoms with Gasteiger partial charge in [-0.05, 0) is 31.2 Å². The zero-order chi connectivity index (χ0) is 13.7. The molecule has 0 aliphatic heterocycles. The highest BCUT2D eigenvalue weighted by molar-refractivity contribution is 5.90. The highest BCUT2D eigenvalue weighted by Crippen LogP contribution is 2.20. The summed E-state index contributed by atoms with van der Waals surface area (Å²) in [5.74, 6) is 0.378. The molecule has 0 amide bonds. The van der Waals surface area contributed by atoms with Crippen molar-refractivity contribution >= 4 is 5.97 Å². The van der Waals surface area contributed by atoms with Crippen molar-refractivity contribution in [2.24, 2.45) is 0 Å². The monoisotopic (exact) mass is 257 g/mol. The minimum absolute atomic E-state index is 0.354. The molecule has 19 heavy (non-hydrogen) atoms. The number of aromatic nitrogens is 1. The van der Waals surface area contributed by atoms with Gasteiger partial charge in [0.15, 0.2) is 0 Å². The quantitative estimate of drug-likeness (QED) is 0.790. The van der Waals surface area contributed by atoms with Gasteiger partial charge in [0, 0.05) is 5.56 Å².